The van der Waals surface area contributed by atoms with E-state index in [1.54, 1.807) is 7.11 Å². The van der Waals surface area contributed by atoms with Crippen LogP contribution < -0.4 is 10.5 Å². The molecule has 2 rings (SSSR count). The Morgan fingerprint density at radius 1 is 1.25 bits per heavy atom. The molecule has 106 valence electrons. The van der Waals surface area contributed by atoms with Gasteiger partial charge >= 0.3 is 0 Å². The van der Waals surface area contributed by atoms with Crippen molar-refractivity contribution in [1.82, 2.24) is 0 Å². The molecule has 2 N–H and O–H groups in total. The molecule has 0 spiro atoms. The minimum Gasteiger partial charge on any atom is -0.496 e. The minimum atomic E-state index is -0.150. The van der Waals surface area contributed by atoms with Crippen LogP contribution in [-0.2, 0) is 6.42 Å². The summed E-state index contributed by atoms with van der Waals surface area (Å²) >= 11 is 9.65. The lowest BCUT2D eigenvalue weighted by Crippen LogP contribution is -2.15. The van der Waals surface area contributed by atoms with Crippen LogP contribution in [0.15, 0.2) is 40.9 Å². The van der Waals surface area contributed by atoms with Crippen LogP contribution in [0.4, 0.5) is 0 Å². The van der Waals surface area contributed by atoms with E-state index >= 15 is 0 Å². The maximum absolute atomic E-state index is 6.33. The van der Waals surface area contributed by atoms with Crippen molar-refractivity contribution in [1.29, 1.82) is 0 Å². The number of rotatable bonds is 4. The van der Waals surface area contributed by atoms with Crippen LogP contribution in [0.25, 0.3) is 0 Å². The van der Waals surface area contributed by atoms with Crippen LogP contribution in [0.2, 0.25) is 5.02 Å². The highest BCUT2D eigenvalue weighted by Crippen LogP contribution is 2.30. The molecule has 0 aromatic heterocycles. The van der Waals surface area contributed by atoms with Gasteiger partial charge in [-0.3, -0.25) is 0 Å². The number of methoxy groups -OCH3 is 1. The van der Waals surface area contributed by atoms with Crippen LogP contribution in [0.5, 0.6) is 5.75 Å². The summed E-state index contributed by atoms with van der Waals surface area (Å²) < 4.78 is 6.35. The zero-order chi connectivity index (χ0) is 14.7. The Labute approximate surface area is 133 Å². The van der Waals surface area contributed by atoms with Gasteiger partial charge < -0.3 is 10.5 Å². The van der Waals surface area contributed by atoms with Crippen molar-refractivity contribution in [2.75, 3.05) is 7.11 Å². The summed E-state index contributed by atoms with van der Waals surface area (Å²) in [6, 6.07) is 11.7. The first-order chi connectivity index (χ1) is 9.51. The van der Waals surface area contributed by atoms with Crippen LogP contribution in [0.1, 0.15) is 22.7 Å². The van der Waals surface area contributed by atoms with E-state index in [4.69, 9.17) is 22.1 Å². The molecule has 1 atom stereocenters. The molecule has 4 heteroatoms. The highest BCUT2D eigenvalue weighted by molar-refractivity contribution is 9.10. The highest BCUT2D eigenvalue weighted by Gasteiger charge is 2.14. The molecule has 2 aromatic rings. The van der Waals surface area contributed by atoms with Crippen LogP contribution in [-0.4, -0.2) is 7.11 Å². The summed E-state index contributed by atoms with van der Waals surface area (Å²) in [5.41, 5.74) is 9.53. The number of halogens is 2. The Kier molecular flexibility index (Phi) is 5.08. The third kappa shape index (κ3) is 3.54. The molecule has 2 nitrogen and oxygen atoms in total. The van der Waals surface area contributed by atoms with E-state index in [2.05, 4.69) is 22.0 Å². The molecule has 0 amide bonds. The first-order valence-electron chi connectivity index (χ1n) is 6.35. The van der Waals surface area contributed by atoms with E-state index < -0.39 is 0 Å². The van der Waals surface area contributed by atoms with Gasteiger partial charge in [-0.25, -0.2) is 0 Å². The average molecular weight is 355 g/mol. The van der Waals surface area contributed by atoms with Crippen molar-refractivity contribution < 1.29 is 4.74 Å². The second-order valence-corrected chi connectivity index (χ2v) is 6.11. The van der Waals surface area contributed by atoms with Crippen molar-refractivity contribution in [2.45, 2.75) is 19.4 Å². The molecule has 0 radical (unpaired) electrons. The predicted octanol–water partition coefficient (Wildman–Crippen LogP) is 4.66. The molecule has 0 aliphatic carbocycles. The number of hydrogen-bond acceptors (Lipinski definition) is 2. The van der Waals surface area contributed by atoms with Crippen molar-refractivity contribution in [3.8, 4) is 5.75 Å². The van der Waals surface area contributed by atoms with Gasteiger partial charge in [0.15, 0.2) is 0 Å². The van der Waals surface area contributed by atoms with E-state index in [9.17, 15) is 0 Å². The number of aryl methyl sites for hydroxylation is 1. The molecule has 20 heavy (non-hydrogen) atoms. The third-order valence-electron chi connectivity index (χ3n) is 3.24. The zero-order valence-corrected chi connectivity index (χ0v) is 13.8. The number of ether oxygens (including phenoxy) is 1. The average Bonchev–Trinajstić information content (AvgIpc) is 2.41. The van der Waals surface area contributed by atoms with E-state index in [1.165, 1.54) is 0 Å². The van der Waals surface area contributed by atoms with Gasteiger partial charge in [0, 0.05) is 21.1 Å². The molecule has 0 bridgehead atoms. The molecule has 0 aliphatic rings. The lowest BCUT2D eigenvalue weighted by Gasteiger charge is -2.17. The summed E-state index contributed by atoms with van der Waals surface area (Å²) in [6.07, 6.45) is 0.673. The van der Waals surface area contributed by atoms with Gasteiger partial charge in [-0.05, 0) is 37.1 Å². The lowest BCUT2D eigenvalue weighted by atomic mass is 9.97. The summed E-state index contributed by atoms with van der Waals surface area (Å²) in [5, 5.41) is 0.724. The van der Waals surface area contributed by atoms with Crippen LogP contribution in [0.3, 0.4) is 0 Å². The SMILES string of the molecule is COc1ccc(C)cc1C(N)Cc1ccc(Br)cc1Cl. The van der Waals surface area contributed by atoms with Crippen molar-refractivity contribution >= 4 is 27.5 Å². The Morgan fingerprint density at radius 3 is 2.65 bits per heavy atom. The molecular formula is C16H17BrClNO. The molecule has 0 saturated heterocycles. The molecule has 0 fully saturated rings. The lowest BCUT2D eigenvalue weighted by molar-refractivity contribution is 0.405. The van der Waals surface area contributed by atoms with Gasteiger partial charge in [0.25, 0.3) is 0 Å². The summed E-state index contributed by atoms with van der Waals surface area (Å²) in [6.45, 7) is 2.04. The smallest absolute Gasteiger partial charge is 0.123 e. The van der Waals surface area contributed by atoms with E-state index in [0.29, 0.717) is 6.42 Å². The normalized spacial score (nSPS) is 12.2. The number of benzene rings is 2. The van der Waals surface area contributed by atoms with Gasteiger partial charge in [0.05, 0.1) is 7.11 Å². The second kappa shape index (κ2) is 6.61. The van der Waals surface area contributed by atoms with Crippen LogP contribution in [0, 0.1) is 6.92 Å². The fourth-order valence-corrected chi connectivity index (χ4v) is 2.93. The minimum absolute atomic E-state index is 0.150. The molecular weight excluding hydrogens is 338 g/mol. The molecule has 0 aliphatic heterocycles. The first-order valence-corrected chi connectivity index (χ1v) is 7.52. The monoisotopic (exact) mass is 353 g/mol. The second-order valence-electron chi connectivity index (χ2n) is 4.79. The van der Waals surface area contributed by atoms with Gasteiger partial charge in [0.2, 0.25) is 0 Å². The number of hydrogen-bond donors (Lipinski definition) is 1. The fraction of sp³-hybridized carbons (Fsp3) is 0.250. The molecule has 0 saturated carbocycles. The van der Waals surface area contributed by atoms with Crippen molar-refractivity contribution in [3.05, 3.63) is 62.6 Å². The summed E-state index contributed by atoms with van der Waals surface area (Å²) in [7, 11) is 1.66. The summed E-state index contributed by atoms with van der Waals surface area (Å²) in [4.78, 5) is 0. The molecule has 0 heterocycles. The standard InChI is InChI=1S/C16H17BrClNO/c1-10-3-6-16(20-2)13(7-10)15(19)8-11-4-5-12(17)9-14(11)18/h3-7,9,15H,8,19H2,1-2H3. The zero-order valence-electron chi connectivity index (χ0n) is 11.5. The van der Waals surface area contributed by atoms with Crippen molar-refractivity contribution in [3.63, 3.8) is 0 Å². The van der Waals surface area contributed by atoms with E-state index in [0.717, 1.165) is 31.9 Å². The topological polar surface area (TPSA) is 35.2 Å². The highest BCUT2D eigenvalue weighted by atomic mass is 79.9. The first kappa shape index (κ1) is 15.4. The third-order valence-corrected chi connectivity index (χ3v) is 4.08. The van der Waals surface area contributed by atoms with Gasteiger partial charge in [-0.1, -0.05) is 51.3 Å². The van der Waals surface area contributed by atoms with Gasteiger partial charge in [-0.2, -0.15) is 0 Å². The Balaban J connectivity index is 2.27. The summed E-state index contributed by atoms with van der Waals surface area (Å²) in [5.74, 6) is 0.816. The Hall–Kier alpha value is -1.03. The maximum Gasteiger partial charge on any atom is 0.123 e. The predicted molar refractivity (Wildman–Crippen MR) is 87.5 cm³/mol. The van der Waals surface area contributed by atoms with E-state index in [-0.39, 0.29) is 6.04 Å². The Morgan fingerprint density at radius 2 is 2.00 bits per heavy atom. The van der Waals surface area contributed by atoms with Gasteiger partial charge in [-0.15, -0.1) is 0 Å². The maximum atomic E-state index is 6.33. The fourth-order valence-electron chi connectivity index (χ4n) is 2.18. The van der Waals surface area contributed by atoms with Gasteiger partial charge in [0.1, 0.15) is 5.75 Å². The Bertz CT molecular complexity index is 615. The van der Waals surface area contributed by atoms with Crippen LogP contribution >= 0.6 is 27.5 Å². The number of nitrogens with two attached hydrogens (primary N) is 1. The molecule has 1 unspecified atom stereocenters. The van der Waals surface area contributed by atoms with Crippen molar-refractivity contribution in [2.24, 2.45) is 5.73 Å². The quantitative estimate of drug-likeness (QED) is 0.866. The largest absolute Gasteiger partial charge is 0.496 e. The molecule has 2 aromatic carbocycles. The van der Waals surface area contributed by atoms with E-state index in [1.807, 2.05) is 37.3 Å².